The van der Waals surface area contributed by atoms with E-state index in [-0.39, 0.29) is 25.7 Å². The largest absolute Gasteiger partial charge is 0.472 e. The van der Waals surface area contributed by atoms with Crippen molar-refractivity contribution in [2.24, 2.45) is 0 Å². The van der Waals surface area contributed by atoms with Gasteiger partial charge in [0.05, 0.1) is 26.4 Å². The Morgan fingerprint density at radius 2 is 0.500 bits per heavy atom. The van der Waals surface area contributed by atoms with E-state index in [9.17, 15) is 43.2 Å². The quantitative estimate of drug-likeness (QED) is 0.0169. The first-order valence-electron chi connectivity index (χ1n) is 40.8. The Bertz CT molecular complexity index is 2440. The third-order valence-electron chi connectivity index (χ3n) is 16.9. The average molecular weight is 1500 g/mol. The molecule has 598 valence electrons. The second-order valence-corrected chi connectivity index (χ2v) is 29.9. The summed E-state index contributed by atoms with van der Waals surface area (Å²) in [6, 6.07) is 0. The zero-order chi connectivity index (χ0) is 76.0. The number of carbonyl (C=O) groups excluding carboxylic acids is 4. The van der Waals surface area contributed by atoms with E-state index in [1.54, 1.807) is 0 Å². The van der Waals surface area contributed by atoms with Crippen LogP contribution in [0.15, 0.2) is 122 Å². The first kappa shape index (κ1) is 99.5. The van der Waals surface area contributed by atoms with E-state index in [0.717, 1.165) is 186 Å². The second kappa shape index (κ2) is 76.6. The van der Waals surface area contributed by atoms with E-state index in [2.05, 4.69) is 149 Å². The van der Waals surface area contributed by atoms with Crippen molar-refractivity contribution >= 4 is 39.5 Å². The van der Waals surface area contributed by atoms with Gasteiger partial charge in [-0.25, -0.2) is 9.13 Å². The predicted molar refractivity (Wildman–Crippen MR) is 427 cm³/mol. The van der Waals surface area contributed by atoms with Crippen molar-refractivity contribution in [1.29, 1.82) is 0 Å². The molecule has 3 N–H and O–H groups in total. The van der Waals surface area contributed by atoms with Crippen molar-refractivity contribution in [3.8, 4) is 0 Å². The number of unbranched alkanes of at least 4 members (excludes halogenated alkanes) is 30. The molecular formula is C85H146O17P2. The highest BCUT2D eigenvalue weighted by atomic mass is 31.2. The van der Waals surface area contributed by atoms with Crippen molar-refractivity contribution in [3.63, 3.8) is 0 Å². The lowest BCUT2D eigenvalue weighted by atomic mass is 10.0. The molecule has 0 rings (SSSR count). The molecule has 0 spiro atoms. The molecule has 19 heteroatoms. The standard InChI is InChI=1S/C85H146O17P2/c1-5-9-13-17-21-25-29-33-36-38-39-41-43-47-50-54-58-62-66-70-83(88)96-76-81(102-85(90)72-68-64-60-56-52-48-44-40-37-34-30-26-22-18-14-10-6-2)78-100-104(93,94)98-74-79(86)73-97-103(91,92)99-77-80(101-84(89)71-67-63-59-55-51-45-32-28-24-20-16-12-8-4)75-95-82(87)69-65-61-57-53-49-46-42-35-31-27-23-19-15-11-7-3/h10-11,14-15,21-23,25-27,33-37,39,41-42,44,48,79-81,86H,5-9,12-13,16-20,24,28-32,38,40,43,45-47,49-78H2,1-4H3,(H,91,92)(H,93,94)/b14-10-,15-11-,25-21-,26-22-,27-23-,36-33-,37-34-,41-39-,42-35-,48-44-. The van der Waals surface area contributed by atoms with Crippen molar-refractivity contribution in [2.75, 3.05) is 39.6 Å². The van der Waals surface area contributed by atoms with Crippen LogP contribution in [0.1, 0.15) is 336 Å². The highest BCUT2D eigenvalue weighted by molar-refractivity contribution is 7.47. The lowest BCUT2D eigenvalue weighted by Gasteiger charge is -2.21. The van der Waals surface area contributed by atoms with Gasteiger partial charge in [0.1, 0.15) is 19.3 Å². The Kier molecular flexibility index (Phi) is 73.3. The number of esters is 4. The molecule has 0 aromatic rings. The molecule has 104 heavy (non-hydrogen) atoms. The third-order valence-corrected chi connectivity index (χ3v) is 18.8. The molecule has 5 unspecified atom stereocenters. The van der Waals surface area contributed by atoms with Crippen LogP contribution in [-0.2, 0) is 65.4 Å². The summed E-state index contributed by atoms with van der Waals surface area (Å²) in [5.41, 5.74) is 0. The third kappa shape index (κ3) is 75.7. The maximum atomic E-state index is 13.1. The fourth-order valence-corrected chi connectivity index (χ4v) is 12.3. The fraction of sp³-hybridized carbons (Fsp3) is 0.718. The Morgan fingerprint density at radius 3 is 0.788 bits per heavy atom. The number of ether oxygens (including phenoxy) is 4. The van der Waals surface area contributed by atoms with E-state index in [1.165, 1.54) is 70.6 Å². The number of rotatable bonds is 76. The van der Waals surface area contributed by atoms with E-state index >= 15 is 0 Å². The Morgan fingerprint density at radius 1 is 0.279 bits per heavy atom. The second-order valence-electron chi connectivity index (χ2n) is 27.0. The molecule has 0 bridgehead atoms. The van der Waals surface area contributed by atoms with E-state index in [4.69, 9.17) is 37.0 Å². The van der Waals surface area contributed by atoms with Gasteiger partial charge in [0.25, 0.3) is 0 Å². The van der Waals surface area contributed by atoms with E-state index in [0.29, 0.717) is 25.7 Å². The zero-order valence-corrected chi connectivity index (χ0v) is 67.2. The number of phosphoric acid groups is 2. The van der Waals surface area contributed by atoms with Crippen LogP contribution in [0.4, 0.5) is 0 Å². The molecule has 0 aromatic heterocycles. The van der Waals surface area contributed by atoms with Crippen molar-refractivity contribution < 1.29 is 80.2 Å². The van der Waals surface area contributed by atoms with Crippen molar-refractivity contribution in [1.82, 2.24) is 0 Å². The van der Waals surface area contributed by atoms with Gasteiger partial charge in [0, 0.05) is 25.7 Å². The van der Waals surface area contributed by atoms with Gasteiger partial charge in [0.15, 0.2) is 12.2 Å². The molecule has 0 saturated heterocycles. The normalized spacial score (nSPS) is 14.5. The van der Waals surface area contributed by atoms with Crippen LogP contribution in [0, 0.1) is 0 Å². The van der Waals surface area contributed by atoms with Crippen LogP contribution in [-0.4, -0.2) is 96.7 Å². The van der Waals surface area contributed by atoms with Crippen LogP contribution < -0.4 is 0 Å². The first-order valence-corrected chi connectivity index (χ1v) is 43.8. The summed E-state index contributed by atoms with van der Waals surface area (Å²) >= 11 is 0. The number of hydrogen-bond donors (Lipinski definition) is 3. The molecule has 0 aliphatic carbocycles. The number of aliphatic hydroxyl groups is 1. The summed E-state index contributed by atoms with van der Waals surface area (Å²) in [6.07, 6.45) is 84.5. The fourth-order valence-electron chi connectivity index (χ4n) is 10.8. The van der Waals surface area contributed by atoms with Gasteiger partial charge in [-0.1, -0.05) is 297 Å². The minimum atomic E-state index is -4.99. The Hall–Kier alpha value is -4.54. The molecule has 17 nitrogen and oxygen atoms in total. The van der Waals surface area contributed by atoms with E-state index < -0.39 is 97.5 Å². The van der Waals surface area contributed by atoms with Crippen LogP contribution in [0.25, 0.3) is 0 Å². The topological polar surface area (TPSA) is 237 Å². The molecule has 0 amide bonds. The summed E-state index contributed by atoms with van der Waals surface area (Å²) in [4.78, 5) is 73.1. The van der Waals surface area contributed by atoms with Gasteiger partial charge in [-0.3, -0.25) is 37.3 Å². The van der Waals surface area contributed by atoms with Gasteiger partial charge in [0.2, 0.25) is 0 Å². The van der Waals surface area contributed by atoms with Crippen LogP contribution in [0.2, 0.25) is 0 Å². The van der Waals surface area contributed by atoms with Gasteiger partial charge in [-0.15, -0.1) is 0 Å². The van der Waals surface area contributed by atoms with Gasteiger partial charge < -0.3 is 33.8 Å². The average Bonchev–Trinajstić information content (AvgIpc) is 0.917. The maximum absolute atomic E-state index is 13.1. The molecule has 0 heterocycles. The molecule has 0 radical (unpaired) electrons. The lowest BCUT2D eigenvalue weighted by molar-refractivity contribution is -0.161. The van der Waals surface area contributed by atoms with Crippen molar-refractivity contribution in [3.05, 3.63) is 122 Å². The molecule has 0 aliphatic rings. The number of phosphoric ester groups is 2. The van der Waals surface area contributed by atoms with Crippen LogP contribution in [0.3, 0.4) is 0 Å². The minimum Gasteiger partial charge on any atom is -0.462 e. The highest BCUT2D eigenvalue weighted by Gasteiger charge is 2.30. The highest BCUT2D eigenvalue weighted by Crippen LogP contribution is 2.45. The first-order chi connectivity index (χ1) is 50.7. The molecular weight excluding hydrogens is 1350 g/mol. The van der Waals surface area contributed by atoms with Gasteiger partial charge in [-0.05, 0) is 135 Å². The molecule has 0 aliphatic heterocycles. The number of carbonyl (C=O) groups is 4. The maximum Gasteiger partial charge on any atom is 0.472 e. The van der Waals surface area contributed by atoms with Crippen LogP contribution in [0.5, 0.6) is 0 Å². The lowest BCUT2D eigenvalue weighted by Crippen LogP contribution is -2.30. The molecule has 5 atom stereocenters. The number of allylic oxidation sites excluding steroid dienone is 20. The van der Waals surface area contributed by atoms with E-state index in [1.807, 2.05) is 0 Å². The summed E-state index contributed by atoms with van der Waals surface area (Å²) in [5.74, 6) is -2.22. The molecule has 0 fully saturated rings. The summed E-state index contributed by atoms with van der Waals surface area (Å²) in [6.45, 7) is 4.59. The Labute approximate surface area is 632 Å². The summed E-state index contributed by atoms with van der Waals surface area (Å²) in [7, 11) is -9.97. The number of aliphatic hydroxyl groups excluding tert-OH is 1. The number of hydrogen-bond acceptors (Lipinski definition) is 15. The predicted octanol–water partition coefficient (Wildman–Crippen LogP) is 23.9. The molecule has 0 aromatic carbocycles. The zero-order valence-electron chi connectivity index (χ0n) is 65.4. The van der Waals surface area contributed by atoms with Gasteiger partial charge >= 0.3 is 39.5 Å². The van der Waals surface area contributed by atoms with Crippen LogP contribution >= 0.6 is 15.6 Å². The monoisotopic (exact) mass is 1500 g/mol. The summed E-state index contributed by atoms with van der Waals surface area (Å²) in [5, 5.41) is 10.6. The summed E-state index contributed by atoms with van der Waals surface area (Å²) < 4.78 is 68.6. The SMILES string of the molecule is CC/C=C\C/C=C\C/C=C\C/C=C\CCCCCCC(=O)OC(COC(=O)CCCCCCCC/C=C\C/C=C\C/C=C\CCCCC)COP(=O)(O)OCC(O)COP(=O)(O)OCC(COC(=O)CCCCCCC/C=C\C/C=C\C/C=C\CC)OC(=O)CCCCCCCCCCCCCCC. The smallest absolute Gasteiger partial charge is 0.462 e. The minimum absolute atomic E-state index is 0.0619. The van der Waals surface area contributed by atoms with Crippen molar-refractivity contribution in [2.45, 2.75) is 354 Å². The molecule has 0 saturated carbocycles. The van der Waals surface area contributed by atoms with Gasteiger partial charge in [-0.2, -0.15) is 0 Å². The Balaban J connectivity index is 5.39.